The van der Waals surface area contributed by atoms with E-state index in [4.69, 9.17) is 4.74 Å². The molecule has 1 aromatic carbocycles. The summed E-state index contributed by atoms with van der Waals surface area (Å²) in [5.41, 5.74) is 2.05. The van der Waals surface area contributed by atoms with Gasteiger partial charge in [0.1, 0.15) is 5.25 Å². The van der Waals surface area contributed by atoms with E-state index in [0.717, 1.165) is 22.7 Å². The minimum atomic E-state index is -0.253. The second-order valence-corrected chi connectivity index (χ2v) is 5.22. The zero-order chi connectivity index (χ0) is 13.1. The lowest BCUT2D eigenvalue weighted by atomic mass is 10.3. The first-order valence-corrected chi connectivity index (χ1v) is 6.75. The van der Waals surface area contributed by atoms with Crippen molar-refractivity contribution in [2.45, 2.75) is 30.8 Å². The zero-order valence-electron chi connectivity index (χ0n) is 10.7. The molecule has 0 radical (unpaired) electrons. The van der Waals surface area contributed by atoms with Crippen LogP contribution in [0.3, 0.4) is 0 Å². The highest BCUT2D eigenvalue weighted by molar-refractivity contribution is 8.00. The molecule has 0 bridgehead atoms. The number of esters is 1. The van der Waals surface area contributed by atoms with Gasteiger partial charge in [-0.1, -0.05) is 23.9 Å². The van der Waals surface area contributed by atoms with E-state index in [1.165, 1.54) is 18.9 Å². The predicted octanol–water partition coefficient (Wildman–Crippen LogP) is 2.71. The van der Waals surface area contributed by atoms with Gasteiger partial charge in [0, 0.05) is 6.54 Å². The molecule has 0 saturated heterocycles. The number of imidazole rings is 1. The Morgan fingerprint density at radius 1 is 1.50 bits per heavy atom. The largest absolute Gasteiger partial charge is 0.468 e. The number of nitrogens with zero attached hydrogens (tertiary/aromatic N) is 2. The highest BCUT2D eigenvalue weighted by Crippen LogP contribution is 2.27. The molecule has 2 aromatic rings. The van der Waals surface area contributed by atoms with E-state index in [1.807, 2.05) is 31.2 Å². The fourth-order valence-electron chi connectivity index (χ4n) is 1.82. The lowest BCUT2D eigenvalue weighted by Crippen LogP contribution is -2.15. The molecular weight excluding hydrogens is 248 g/mol. The molecule has 0 spiro atoms. The molecule has 0 N–H and O–H groups in total. The van der Waals surface area contributed by atoms with Crippen molar-refractivity contribution in [3.05, 3.63) is 24.3 Å². The van der Waals surface area contributed by atoms with Crippen molar-refractivity contribution >= 4 is 28.8 Å². The smallest absolute Gasteiger partial charge is 0.318 e. The van der Waals surface area contributed by atoms with Crippen molar-refractivity contribution in [2.75, 3.05) is 7.11 Å². The third-order valence-corrected chi connectivity index (χ3v) is 3.82. The van der Waals surface area contributed by atoms with Gasteiger partial charge >= 0.3 is 5.97 Å². The minimum Gasteiger partial charge on any atom is -0.468 e. The summed E-state index contributed by atoms with van der Waals surface area (Å²) in [6.45, 7) is 4.73. The third kappa shape index (κ3) is 2.36. The van der Waals surface area contributed by atoms with Crippen LogP contribution in [0.25, 0.3) is 11.0 Å². The number of carbonyl (C=O) groups is 1. The second kappa shape index (κ2) is 5.44. The van der Waals surface area contributed by atoms with Crippen LogP contribution in [0.15, 0.2) is 29.4 Å². The number of carbonyl (C=O) groups excluding carboxylic acids is 1. The standard InChI is InChI=1S/C13H16N2O2S/c1-4-15-11-8-6-5-7-10(11)14-13(15)18-9(2)12(16)17-3/h5-9H,4H2,1-3H3. The fraction of sp³-hybridized carbons (Fsp3) is 0.385. The normalized spacial score (nSPS) is 12.6. The van der Waals surface area contributed by atoms with Gasteiger partial charge in [0.05, 0.1) is 18.1 Å². The number of rotatable bonds is 4. The Balaban J connectivity index is 2.35. The average molecular weight is 264 g/mol. The van der Waals surface area contributed by atoms with Gasteiger partial charge in [-0.15, -0.1) is 0 Å². The van der Waals surface area contributed by atoms with Crippen molar-refractivity contribution in [1.82, 2.24) is 9.55 Å². The van der Waals surface area contributed by atoms with E-state index in [9.17, 15) is 4.79 Å². The number of fused-ring (bicyclic) bond motifs is 1. The molecule has 0 aliphatic heterocycles. The summed E-state index contributed by atoms with van der Waals surface area (Å²) in [5.74, 6) is -0.227. The summed E-state index contributed by atoms with van der Waals surface area (Å²) in [6, 6.07) is 7.98. The first-order valence-electron chi connectivity index (χ1n) is 5.87. The number of para-hydroxylation sites is 2. The van der Waals surface area contributed by atoms with E-state index in [1.54, 1.807) is 0 Å². The van der Waals surface area contributed by atoms with Crippen LogP contribution in [0.5, 0.6) is 0 Å². The Bertz CT molecular complexity index is 565. The van der Waals surface area contributed by atoms with E-state index >= 15 is 0 Å². The predicted molar refractivity (Wildman–Crippen MR) is 72.7 cm³/mol. The van der Waals surface area contributed by atoms with Crippen molar-refractivity contribution in [3.63, 3.8) is 0 Å². The van der Waals surface area contributed by atoms with E-state index in [-0.39, 0.29) is 11.2 Å². The zero-order valence-corrected chi connectivity index (χ0v) is 11.5. The summed E-state index contributed by atoms with van der Waals surface area (Å²) in [4.78, 5) is 16.0. The molecule has 1 heterocycles. The fourth-order valence-corrected chi connectivity index (χ4v) is 2.84. The maximum atomic E-state index is 11.5. The van der Waals surface area contributed by atoms with Gasteiger partial charge in [0.15, 0.2) is 5.16 Å². The number of thioether (sulfide) groups is 1. The third-order valence-electron chi connectivity index (χ3n) is 2.75. The van der Waals surface area contributed by atoms with E-state index < -0.39 is 0 Å². The molecule has 1 aromatic heterocycles. The van der Waals surface area contributed by atoms with Crippen LogP contribution in [-0.2, 0) is 16.1 Å². The van der Waals surface area contributed by atoms with Gasteiger partial charge in [-0.25, -0.2) is 4.98 Å². The van der Waals surface area contributed by atoms with Gasteiger partial charge in [0.25, 0.3) is 0 Å². The van der Waals surface area contributed by atoms with Gasteiger partial charge in [0.2, 0.25) is 0 Å². The summed E-state index contributed by atoms with van der Waals surface area (Å²) in [5, 5.41) is 0.605. The quantitative estimate of drug-likeness (QED) is 0.629. The molecule has 0 fully saturated rings. The van der Waals surface area contributed by atoms with E-state index in [2.05, 4.69) is 16.5 Å². The molecule has 0 amide bonds. The molecule has 18 heavy (non-hydrogen) atoms. The van der Waals surface area contributed by atoms with Gasteiger partial charge in [-0.2, -0.15) is 0 Å². The SMILES string of the molecule is CCn1c(SC(C)C(=O)OC)nc2ccccc21. The van der Waals surface area contributed by atoms with Crippen LogP contribution in [0, 0.1) is 0 Å². The number of ether oxygens (including phenoxy) is 1. The number of hydrogen-bond acceptors (Lipinski definition) is 4. The van der Waals surface area contributed by atoms with Gasteiger partial charge < -0.3 is 9.30 Å². The van der Waals surface area contributed by atoms with Crippen LogP contribution in [0.4, 0.5) is 0 Å². The minimum absolute atomic E-state index is 0.227. The molecule has 0 aliphatic rings. The molecule has 96 valence electrons. The van der Waals surface area contributed by atoms with Crippen molar-refractivity contribution < 1.29 is 9.53 Å². The Morgan fingerprint density at radius 2 is 2.22 bits per heavy atom. The van der Waals surface area contributed by atoms with Crippen molar-refractivity contribution in [1.29, 1.82) is 0 Å². The molecule has 0 saturated carbocycles. The monoisotopic (exact) mass is 264 g/mol. The van der Waals surface area contributed by atoms with Crippen LogP contribution in [-0.4, -0.2) is 27.9 Å². The highest BCUT2D eigenvalue weighted by atomic mass is 32.2. The number of aryl methyl sites for hydroxylation is 1. The number of hydrogen-bond donors (Lipinski definition) is 0. The molecule has 2 rings (SSSR count). The Kier molecular flexibility index (Phi) is 3.91. The molecule has 1 unspecified atom stereocenters. The molecule has 0 aliphatic carbocycles. The molecule has 5 heteroatoms. The lowest BCUT2D eigenvalue weighted by Gasteiger charge is -2.09. The maximum absolute atomic E-state index is 11.5. The second-order valence-electron chi connectivity index (χ2n) is 3.91. The molecule has 1 atom stereocenters. The molecule has 4 nitrogen and oxygen atoms in total. The lowest BCUT2D eigenvalue weighted by molar-refractivity contribution is -0.139. The average Bonchev–Trinajstić information content (AvgIpc) is 2.74. The molecular formula is C13H16N2O2S. The van der Waals surface area contributed by atoms with Crippen LogP contribution in [0.2, 0.25) is 0 Å². The van der Waals surface area contributed by atoms with Gasteiger partial charge in [-0.3, -0.25) is 4.79 Å². The van der Waals surface area contributed by atoms with Crippen molar-refractivity contribution in [3.8, 4) is 0 Å². The Morgan fingerprint density at radius 3 is 2.89 bits per heavy atom. The van der Waals surface area contributed by atoms with Crippen LogP contribution < -0.4 is 0 Å². The van der Waals surface area contributed by atoms with Crippen molar-refractivity contribution in [2.24, 2.45) is 0 Å². The number of aromatic nitrogens is 2. The number of benzene rings is 1. The topological polar surface area (TPSA) is 44.1 Å². The Hall–Kier alpha value is -1.49. The van der Waals surface area contributed by atoms with Gasteiger partial charge in [-0.05, 0) is 26.0 Å². The summed E-state index contributed by atoms with van der Waals surface area (Å²) < 4.78 is 6.85. The summed E-state index contributed by atoms with van der Waals surface area (Å²) in [7, 11) is 1.40. The maximum Gasteiger partial charge on any atom is 0.318 e. The summed E-state index contributed by atoms with van der Waals surface area (Å²) >= 11 is 1.43. The highest BCUT2D eigenvalue weighted by Gasteiger charge is 2.19. The number of methoxy groups -OCH3 is 1. The van der Waals surface area contributed by atoms with E-state index in [0.29, 0.717) is 0 Å². The van der Waals surface area contributed by atoms with Crippen LogP contribution in [0.1, 0.15) is 13.8 Å². The first-order chi connectivity index (χ1) is 8.67. The first kappa shape index (κ1) is 13.0. The van der Waals surface area contributed by atoms with Crippen LogP contribution >= 0.6 is 11.8 Å². The Labute approximate surface area is 110 Å². The summed E-state index contributed by atoms with van der Waals surface area (Å²) in [6.07, 6.45) is 0.